The van der Waals surface area contributed by atoms with E-state index >= 15 is 0 Å². The number of nitriles is 1. The molecule has 20 heavy (non-hydrogen) atoms. The van der Waals surface area contributed by atoms with Crippen LogP contribution in [0.5, 0.6) is 0 Å². The monoisotopic (exact) mass is 276 g/mol. The lowest BCUT2D eigenvalue weighted by atomic mass is 9.97. The summed E-state index contributed by atoms with van der Waals surface area (Å²) in [6.45, 7) is 5.59. The van der Waals surface area contributed by atoms with Crippen molar-refractivity contribution in [1.29, 1.82) is 5.26 Å². The molecule has 1 aliphatic rings. The van der Waals surface area contributed by atoms with Gasteiger partial charge in [-0.15, -0.1) is 0 Å². The Hall–Kier alpha value is -2.03. The van der Waals surface area contributed by atoms with Crippen LogP contribution in [0.15, 0.2) is 0 Å². The summed E-state index contributed by atoms with van der Waals surface area (Å²) in [5.74, 6) is 0.729. The summed E-state index contributed by atoms with van der Waals surface area (Å²) in [5.41, 5.74) is 1.37. The molecule has 0 N–H and O–H groups in total. The van der Waals surface area contributed by atoms with Gasteiger partial charge in [-0.25, -0.2) is 0 Å². The van der Waals surface area contributed by atoms with E-state index in [0.29, 0.717) is 12.2 Å². The molecular formula is C14H20N4O2. The molecule has 0 radical (unpaired) electrons. The van der Waals surface area contributed by atoms with Gasteiger partial charge >= 0.3 is 5.97 Å². The van der Waals surface area contributed by atoms with Crippen molar-refractivity contribution in [2.45, 2.75) is 26.7 Å². The molecule has 108 valence electrons. The van der Waals surface area contributed by atoms with E-state index in [1.165, 1.54) is 0 Å². The van der Waals surface area contributed by atoms with Crippen molar-refractivity contribution >= 4 is 11.8 Å². The van der Waals surface area contributed by atoms with Crippen molar-refractivity contribution in [3.63, 3.8) is 0 Å². The lowest BCUT2D eigenvalue weighted by molar-refractivity contribution is -0.148. The molecule has 6 nitrogen and oxygen atoms in total. The first kappa shape index (κ1) is 14.4. The number of carbonyl (C=O) groups is 1. The summed E-state index contributed by atoms with van der Waals surface area (Å²) in [4.78, 5) is 13.9. The highest BCUT2D eigenvalue weighted by Gasteiger charge is 2.29. The fraction of sp³-hybridized carbons (Fsp3) is 0.643. The average molecular weight is 276 g/mol. The summed E-state index contributed by atoms with van der Waals surface area (Å²) >= 11 is 0. The summed E-state index contributed by atoms with van der Waals surface area (Å²) in [6.07, 6.45) is 1.52. The third kappa shape index (κ3) is 2.62. The first-order valence-corrected chi connectivity index (χ1v) is 6.93. The Kier molecular flexibility index (Phi) is 4.28. The minimum atomic E-state index is -0.103. The zero-order valence-corrected chi connectivity index (χ0v) is 12.2. The zero-order chi connectivity index (χ0) is 14.7. The number of ether oxygens (including phenoxy) is 1. The van der Waals surface area contributed by atoms with Crippen molar-refractivity contribution < 1.29 is 9.53 Å². The van der Waals surface area contributed by atoms with Gasteiger partial charge in [0.2, 0.25) is 0 Å². The fourth-order valence-corrected chi connectivity index (χ4v) is 2.73. The number of nitrogens with zero attached hydrogens (tertiary/aromatic N) is 4. The van der Waals surface area contributed by atoms with Crippen LogP contribution >= 0.6 is 0 Å². The maximum Gasteiger partial charge on any atom is 0.309 e. The number of hydrogen-bond donors (Lipinski definition) is 0. The average Bonchev–Trinajstić information content (AvgIpc) is 2.73. The first-order chi connectivity index (χ1) is 9.58. The molecule has 0 bridgehead atoms. The number of anilines is 1. The number of carbonyl (C=O) groups excluding carboxylic acids is 1. The molecule has 0 unspecified atom stereocenters. The SMILES string of the molecule is CCOC(=O)C1CCN(c2c(C#N)c(C)nn2C)CC1. The lowest BCUT2D eigenvalue weighted by Gasteiger charge is -2.32. The Morgan fingerprint density at radius 2 is 2.15 bits per heavy atom. The van der Waals surface area contributed by atoms with Gasteiger partial charge in [0.15, 0.2) is 0 Å². The predicted octanol–water partition coefficient (Wildman–Crippen LogP) is 1.38. The molecule has 0 amide bonds. The molecule has 0 aliphatic carbocycles. The highest BCUT2D eigenvalue weighted by Crippen LogP contribution is 2.27. The molecule has 0 spiro atoms. The van der Waals surface area contributed by atoms with E-state index in [2.05, 4.69) is 16.1 Å². The topological polar surface area (TPSA) is 71.2 Å². The quantitative estimate of drug-likeness (QED) is 0.780. The van der Waals surface area contributed by atoms with Gasteiger partial charge in [0, 0.05) is 20.1 Å². The van der Waals surface area contributed by atoms with E-state index in [-0.39, 0.29) is 11.9 Å². The number of piperidine rings is 1. The molecule has 1 aromatic rings. The second-order valence-corrected chi connectivity index (χ2v) is 5.03. The van der Waals surface area contributed by atoms with Crippen LogP contribution in [0.1, 0.15) is 31.0 Å². The molecule has 2 rings (SSSR count). The van der Waals surface area contributed by atoms with Gasteiger partial charge in [0.25, 0.3) is 0 Å². The minimum Gasteiger partial charge on any atom is -0.466 e. The molecule has 1 fully saturated rings. The number of esters is 1. The van der Waals surface area contributed by atoms with E-state index in [4.69, 9.17) is 4.74 Å². The summed E-state index contributed by atoms with van der Waals surface area (Å²) < 4.78 is 6.82. The third-order valence-electron chi connectivity index (χ3n) is 3.72. The van der Waals surface area contributed by atoms with E-state index in [1.807, 2.05) is 20.9 Å². The summed E-state index contributed by atoms with van der Waals surface area (Å²) in [6, 6.07) is 2.22. The van der Waals surface area contributed by atoms with Gasteiger partial charge in [0.05, 0.1) is 18.2 Å². The van der Waals surface area contributed by atoms with Crippen LogP contribution in [0, 0.1) is 24.2 Å². The van der Waals surface area contributed by atoms with Crippen molar-refractivity contribution in [1.82, 2.24) is 9.78 Å². The zero-order valence-electron chi connectivity index (χ0n) is 12.2. The van der Waals surface area contributed by atoms with E-state index in [1.54, 1.807) is 4.68 Å². The van der Waals surface area contributed by atoms with Crippen LogP contribution in [0.4, 0.5) is 5.82 Å². The highest BCUT2D eigenvalue weighted by atomic mass is 16.5. The Bertz CT molecular complexity index is 536. The second-order valence-electron chi connectivity index (χ2n) is 5.03. The fourth-order valence-electron chi connectivity index (χ4n) is 2.73. The van der Waals surface area contributed by atoms with Gasteiger partial charge in [0.1, 0.15) is 17.5 Å². The predicted molar refractivity (Wildman–Crippen MR) is 74.2 cm³/mol. The largest absolute Gasteiger partial charge is 0.466 e. The molecule has 0 aromatic carbocycles. The normalized spacial score (nSPS) is 16.0. The van der Waals surface area contributed by atoms with Crippen molar-refractivity contribution in [2.75, 3.05) is 24.6 Å². The molecule has 6 heteroatoms. The second kappa shape index (κ2) is 5.95. The van der Waals surface area contributed by atoms with Gasteiger partial charge in [-0.05, 0) is 26.7 Å². The Labute approximate surface area is 118 Å². The smallest absolute Gasteiger partial charge is 0.309 e. The molecule has 0 atom stereocenters. The maximum atomic E-state index is 11.7. The Morgan fingerprint density at radius 1 is 1.50 bits per heavy atom. The Balaban J connectivity index is 2.08. The number of rotatable bonds is 3. The minimum absolute atomic E-state index is 0.0222. The van der Waals surface area contributed by atoms with Gasteiger partial charge in [-0.1, -0.05) is 0 Å². The van der Waals surface area contributed by atoms with E-state index in [9.17, 15) is 10.1 Å². The van der Waals surface area contributed by atoms with Crippen LogP contribution in [-0.2, 0) is 16.6 Å². The molecule has 2 heterocycles. The number of aryl methyl sites for hydroxylation is 2. The van der Waals surface area contributed by atoms with Crippen molar-refractivity contribution in [2.24, 2.45) is 13.0 Å². The summed E-state index contributed by atoms with van der Waals surface area (Å²) in [7, 11) is 1.85. The number of hydrogen-bond acceptors (Lipinski definition) is 5. The molecule has 1 aliphatic heterocycles. The van der Waals surface area contributed by atoms with Crippen molar-refractivity contribution in [3.05, 3.63) is 11.3 Å². The van der Waals surface area contributed by atoms with E-state index in [0.717, 1.165) is 37.4 Å². The molecule has 1 saturated heterocycles. The number of aromatic nitrogens is 2. The van der Waals surface area contributed by atoms with Crippen LogP contribution < -0.4 is 4.90 Å². The van der Waals surface area contributed by atoms with Crippen molar-refractivity contribution in [3.8, 4) is 6.07 Å². The maximum absolute atomic E-state index is 11.7. The standard InChI is InChI=1S/C14H20N4O2/c1-4-20-14(19)11-5-7-18(8-6-11)13-12(9-15)10(2)16-17(13)3/h11H,4-8H2,1-3H3. The van der Waals surface area contributed by atoms with Gasteiger partial charge in [-0.3, -0.25) is 9.48 Å². The van der Waals surface area contributed by atoms with Crippen LogP contribution in [0.2, 0.25) is 0 Å². The van der Waals surface area contributed by atoms with Crippen LogP contribution in [0.3, 0.4) is 0 Å². The lowest BCUT2D eigenvalue weighted by Crippen LogP contribution is -2.38. The first-order valence-electron chi connectivity index (χ1n) is 6.93. The molecular weight excluding hydrogens is 256 g/mol. The molecule has 0 saturated carbocycles. The van der Waals surface area contributed by atoms with Gasteiger partial charge < -0.3 is 9.64 Å². The highest BCUT2D eigenvalue weighted by molar-refractivity contribution is 5.73. The molecule has 1 aromatic heterocycles. The van der Waals surface area contributed by atoms with Crippen LogP contribution in [0.25, 0.3) is 0 Å². The van der Waals surface area contributed by atoms with E-state index < -0.39 is 0 Å². The summed E-state index contributed by atoms with van der Waals surface area (Å²) in [5, 5.41) is 13.6. The van der Waals surface area contributed by atoms with Crippen LogP contribution in [-0.4, -0.2) is 35.4 Å². The third-order valence-corrected chi connectivity index (χ3v) is 3.72. The van der Waals surface area contributed by atoms with Gasteiger partial charge in [-0.2, -0.15) is 10.4 Å². The Morgan fingerprint density at radius 3 is 2.70 bits per heavy atom.